The molecule has 0 fully saturated rings. The zero-order valence-electron chi connectivity index (χ0n) is 8.80. The van der Waals surface area contributed by atoms with Crippen molar-refractivity contribution in [2.24, 2.45) is 0 Å². The zero-order valence-corrected chi connectivity index (χ0v) is 9.70. The topological polar surface area (TPSA) is 72.5 Å². The summed E-state index contributed by atoms with van der Waals surface area (Å²) in [6, 6.07) is 6.42. The van der Waals surface area contributed by atoms with Crippen LogP contribution in [0.4, 0.5) is 5.69 Å². The Kier molecular flexibility index (Phi) is 4.78. The number of nitrogens with one attached hydrogen (secondary N) is 1. The van der Waals surface area contributed by atoms with Crippen LogP contribution in [0, 0.1) is 0 Å². The van der Waals surface area contributed by atoms with Crippen molar-refractivity contribution < 1.29 is 17.9 Å². The molecule has 1 N–H and O–H groups in total. The maximum atomic E-state index is 11.3. The summed E-state index contributed by atoms with van der Waals surface area (Å²) in [5, 5.41) is 2.69. The minimum atomic E-state index is -2.45. The van der Waals surface area contributed by atoms with Gasteiger partial charge in [-0.25, -0.2) is 13.2 Å². The van der Waals surface area contributed by atoms with Crippen LogP contribution in [0.25, 0.3) is 0 Å². The van der Waals surface area contributed by atoms with Crippen molar-refractivity contribution in [1.29, 1.82) is 0 Å². The SMILES string of the molecule is CCOC(=O)c1ccc(NC[SH](=O)=O)cc1. The predicted molar refractivity (Wildman–Crippen MR) is 61.2 cm³/mol. The lowest BCUT2D eigenvalue weighted by molar-refractivity contribution is 0.0526. The van der Waals surface area contributed by atoms with Crippen LogP contribution in [0.2, 0.25) is 0 Å². The average Bonchev–Trinajstić information content (AvgIpc) is 2.27. The molecule has 0 unspecified atom stereocenters. The lowest BCUT2D eigenvalue weighted by Gasteiger charge is -2.04. The highest BCUT2D eigenvalue weighted by molar-refractivity contribution is 7.72. The van der Waals surface area contributed by atoms with Gasteiger partial charge in [-0.3, -0.25) is 0 Å². The van der Waals surface area contributed by atoms with Crippen LogP contribution in [-0.2, 0) is 15.4 Å². The second-order valence-corrected chi connectivity index (χ2v) is 3.95. The molecular formula is C10H13NO4S. The van der Waals surface area contributed by atoms with Crippen molar-refractivity contribution in [3.8, 4) is 0 Å². The maximum absolute atomic E-state index is 11.3. The minimum Gasteiger partial charge on any atom is -0.462 e. The molecule has 5 nitrogen and oxygen atoms in total. The Hall–Kier alpha value is -1.56. The van der Waals surface area contributed by atoms with Crippen molar-refractivity contribution in [1.82, 2.24) is 0 Å². The molecule has 1 rings (SSSR count). The summed E-state index contributed by atoms with van der Waals surface area (Å²) in [5.74, 6) is -0.502. The molecule has 0 saturated heterocycles. The molecule has 0 aromatic heterocycles. The fourth-order valence-electron chi connectivity index (χ4n) is 1.09. The highest BCUT2D eigenvalue weighted by atomic mass is 32.2. The van der Waals surface area contributed by atoms with Gasteiger partial charge in [0.2, 0.25) is 0 Å². The first-order chi connectivity index (χ1) is 7.63. The van der Waals surface area contributed by atoms with Crippen LogP contribution in [0.5, 0.6) is 0 Å². The van der Waals surface area contributed by atoms with Gasteiger partial charge in [0.1, 0.15) is 5.88 Å². The smallest absolute Gasteiger partial charge is 0.338 e. The second kappa shape index (κ2) is 6.12. The summed E-state index contributed by atoms with van der Waals surface area (Å²) >= 11 is 0. The Morgan fingerprint density at radius 3 is 2.44 bits per heavy atom. The number of anilines is 1. The van der Waals surface area contributed by atoms with Crippen LogP contribution in [0.15, 0.2) is 24.3 Å². The lowest BCUT2D eigenvalue weighted by atomic mass is 10.2. The van der Waals surface area contributed by atoms with Gasteiger partial charge in [0.15, 0.2) is 10.7 Å². The molecule has 6 heteroatoms. The van der Waals surface area contributed by atoms with Crippen molar-refractivity contribution >= 4 is 22.4 Å². The average molecular weight is 243 g/mol. The van der Waals surface area contributed by atoms with E-state index in [1.807, 2.05) is 0 Å². The van der Waals surface area contributed by atoms with E-state index >= 15 is 0 Å². The van der Waals surface area contributed by atoms with Crippen molar-refractivity contribution in [2.45, 2.75) is 6.92 Å². The number of rotatable bonds is 5. The van der Waals surface area contributed by atoms with E-state index < -0.39 is 10.7 Å². The Labute approximate surface area is 95.4 Å². The summed E-state index contributed by atoms with van der Waals surface area (Å²) in [7, 11) is -2.45. The minimum absolute atomic E-state index is 0.117. The number of ether oxygens (including phenoxy) is 1. The van der Waals surface area contributed by atoms with Crippen molar-refractivity contribution in [3.05, 3.63) is 29.8 Å². The molecule has 0 atom stereocenters. The molecule has 0 amide bonds. The van der Waals surface area contributed by atoms with E-state index in [0.717, 1.165) is 0 Å². The number of thiol groups is 1. The van der Waals surface area contributed by atoms with Crippen molar-refractivity contribution in [3.63, 3.8) is 0 Å². The van der Waals surface area contributed by atoms with Gasteiger partial charge in [-0.05, 0) is 31.2 Å². The quantitative estimate of drug-likeness (QED) is 0.592. The standard InChI is InChI=1S/C10H13NO4S/c1-2-15-10(12)8-3-5-9(6-4-8)11-7-16(13)14/h3-6,11,16H,2,7H2,1H3. The number of carbonyl (C=O) groups excluding carboxylic acids is 1. The molecule has 0 radical (unpaired) electrons. The third kappa shape index (κ3) is 3.90. The molecule has 16 heavy (non-hydrogen) atoms. The Balaban J connectivity index is 2.63. The third-order valence-corrected chi connectivity index (χ3v) is 2.22. The van der Waals surface area contributed by atoms with E-state index in [-0.39, 0.29) is 11.8 Å². The first kappa shape index (κ1) is 12.5. The van der Waals surface area contributed by atoms with Gasteiger partial charge in [-0.1, -0.05) is 0 Å². The molecule has 88 valence electrons. The summed E-state index contributed by atoms with van der Waals surface area (Å²) in [6.07, 6.45) is 0. The van der Waals surface area contributed by atoms with Crippen LogP contribution in [0.1, 0.15) is 17.3 Å². The molecule has 0 saturated carbocycles. The van der Waals surface area contributed by atoms with E-state index in [4.69, 9.17) is 4.74 Å². The van der Waals surface area contributed by atoms with Crippen LogP contribution in [-0.4, -0.2) is 26.9 Å². The van der Waals surface area contributed by atoms with E-state index in [2.05, 4.69) is 5.32 Å². The molecule has 0 spiro atoms. The monoisotopic (exact) mass is 243 g/mol. The molecule has 0 bridgehead atoms. The van der Waals surface area contributed by atoms with Crippen LogP contribution < -0.4 is 5.32 Å². The number of benzene rings is 1. The van der Waals surface area contributed by atoms with Gasteiger partial charge in [0.05, 0.1) is 12.2 Å². The van der Waals surface area contributed by atoms with Gasteiger partial charge >= 0.3 is 5.97 Å². The van der Waals surface area contributed by atoms with Gasteiger partial charge in [0.25, 0.3) is 0 Å². The molecule has 0 heterocycles. The Morgan fingerprint density at radius 2 is 1.94 bits per heavy atom. The van der Waals surface area contributed by atoms with Gasteiger partial charge in [-0.2, -0.15) is 0 Å². The largest absolute Gasteiger partial charge is 0.462 e. The van der Waals surface area contributed by atoms with Gasteiger partial charge in [0, 0.05) is 5.69 Å². The zero-order chi connectivity index (χ0) is 12.0. The number of carbonyl (C=O) groups is 1. The molecule has 0 aliphatic rings. The number of hydrogen-bond donors (Lipinski definition) is 2. The summed E-state index contributed by atoms with van der Waals surface area (Å²) in [5.41, 5.74) is 1.09. The molecule has 0 aliphatic carbocycles. The van der Waals surface area contributed by atoms with Crippen LogP contribution in [0.3, 0.4) is 0 Å². The Morgan fingerprint density at radius 1 is 1.31 bits per heavy atom. The van der Waals surface area contributed by atoms with E-state index in [0.29, 0.717) is 17.9 Å². The van der Waals surface area contributed by atoms with Gasteiger partial charge in [-0.15, -0.1) is 0 Å². The highest BCUT2D eigenvalue weighted by Crippen LogP contribution is 2.10. The molecular weight excluding hydrogens is 230 g/mol. The first-order valence-electron chi connectivity index (χ1n) is 4.76. The second-order valence-electron chi connectivity index (χ2n) is 2.97. The third-order valence-electron chi connectivity index (χ3n) is 1.81. The maximum Gasteiger partial charge on any atom is 0.338 e. The first-order valence-corrected chi connectivity index (χ1v) is 6.12. The highest BCUT2D eigenvalue weighted by Gasteiger charge is 2.04. The molecule has 1 aromatic carbocycles. The predicted octanol–water partition coefficient (Wildman–Crippen LogP) is 0.844. The summed E-state index contributed by atoms with van der Waals surface area (Å²) in [6.45, 7) is 2.06. The van der Waals surface area contributed by atoms with Crippen LogP contribution >= 0.6 is 0 Å². The lowest BCUT2D eigenvalue weighted by Crippen LogP contribution is -2.06. The number of hydrogen-bond acceptors (Lipinski definition) is 5. The van der Waals surface area contributed by atoms with E-state index in [9.17, 15) is 13.2 Å². The fourth-order valence-corrected chi connectivity index (χ4v) is 1.41. The number of esters is 1. The summed E-state index contributed by atoms with van der Waals surface area (Å²) in [4.78, 5) is 11.3. The Bertz CT molecular complexity index is 417. The molecule has 1 aromatic rings. The van der Waals surface area contributed by atoms with E-state index in [1.54, 1.807) is 31.2 Å². The summed E-state index contributed by atoms with van der Waals surface area (Å²) < 4.78 is 25.5. The fraction of sp³-hybridized carbons (Fsp3) is 0.300. The normalized spacial score (nSPS) is 10.1. The van der Waals surface area contributed by atoms with Gasteiger partial charge < -0.3 is 10.1 Å². The van der Waals surface area contributed by atoms with E-state index in [1.165, 1.54) is 0 Å². The van der Waals surface area contributed by atoms with Crippen molar-refractivity contribution in [2.75, 3.05) is 17.8 Å². The molecule has 0 aliphatic heterocycles.